The molecule has 0 aliphatic carbocycles. The highest BCUT2D eigenvalue weighted by Crippen LogP contribution is 2.21. The minimum absolute atomic E-state index is 0.187. The number of carbonyl (C=O) groups excluding carboxylic acids is 1. The van der Waals surface area contributed by atoms with Crippen molar-refractivity contribution in [2.75, 3.05) is 0 Å². The van der Waals surface area contributed by atoms with Crippen LogP contribution in [-0.2, 0) is 11.3 Å². The van der Waals surface area contributed by atoms with Crippen LogP contribution >= 0.6 is 12.2 Å². The van der Waals surface area contributed by atoms with Gasteiger partial charge in [0, 0.05) is 6.07 Å². The van der Waals surface area contributed by atoms with Gasteiger partial charge in [0.05, 0.1) is 16.9 Å². The van der Waals surface area contributed by atoms with Crippen LogP contribution in [0.15, 0.2) is 10.6 Å². The smallest absolute Gasteiger partial charge is 0.233 e. The quantitative estimate of drug-likeness (QED) is 0.775. The van der Waals surface area contributed by atoms with E-state index in [4.69, 9.17) is 22.5 Å². The molecule has 0 aromatic carbocycles. The van der Waals surface area contributed by atoms with Crippen molar-refractivity contribution in [2.24, 2.45) is 11.1 Å². The summed E-state index contributed by atoms with van der Waals surface area (Å²) in [6, 6.07) is 1.77. The lowest BCUT2D eigenvalue weighted by Crippen LogP contribution is -2.46. The maximum absolute atomic E-state index is 12.0. The van der Waals surface area contributed by atoms with Crippen molar-refractivity contribution in [2.45, 2.75) is 33.7 Å². The van der Waals surface area contributed by atoms with Gasteiger partial charge < -0.3 is 15.6 Å². The third-order valence-electron chi connectivity index (χ3n) is 2.86. The topological polar surface area (TPSA) is 81.2 Å². The fraction of sp³-hybridized carbons (Fsp3) is 0.545. The van der Waals surface area contributed by atoms with E-state index in [1.54, 1.807) is 19.9 Å². The van der Waals surface area contributed by atoms with Gasteiger partial charge in [-0.3, -0.25) is 4.79 Å². The molecular formula is C11H17N3O2S. The first-order chi connectivity index (χ1) is 7.90. The molecule has 0 spiro atoms. The number of nitrogens with one attached hydrogen (secondary N) is 1. The lowest BCUT2D eigenvalue weighted by atomic mass is 9.86. The number of hydrogen-bond donors (Lipinski definition) is 2. The summed E-state index contributed by atoms with van der Waals surface area (Å²) < 4.78 is 4.90. The molecule has 1 atom stereocenters. The van der Waals surface area contributed by atoms with Gasteiger partial charge in [0.15, 0.2) is 0 Å². The molecule has 1 unspecified atom stereocenters. The first kappa shape index (κ1) is 13.6. The van der Waals surface area contributed by atoms with Gasteiger partial charge in [0.25, 0.3) is 0 Å². The van der Waals surface area contributed by atoms with Gasteiger partial charge in [0.2, 0.25) is 5.91 Å². The molecule has 1 aromatic heterocycles. The molecule has 1 aromatic rings. The second-order valence-corrected chi connectivity index (χ2v) is 4.60. The van der Waals surface area contributed by atoms with Gasteiger partial charge in [-0.05, 0) is 20.3 Å². The Kier molecular flexibility index (Phi) is 4.22. The zero-order valence-corrected chi connectivity index (χ0v) is 11.1. The molecule has 0 saturated heterocycles. The molecule has 17 heavy (non-hydrogen) atoms. The standard InChI is InChI=1S/C11H17N3O2S/c1-4-11(3,9(12)17)10(15)13-6-8-5-7(2)16-14-8/h5H,4,6H2,1-3H3,(H2,12,17)(H,13,15). The monoisotopic (exact) mass is 255 g/mol. The number of nitrogens with zero attached hydrogens (tertiary/aromatic N) is 1. The van der Waals surface area contributed by atoms with Gasteiger partial charge in [-0.15, -0.1) is 0 Å². The maximum Gasteiger partial charge on any atom is 0.233 e. The van der Waals surface area contributed by atoms with Gasteiger partial charge in [-0.1, -0.05) is 24.3 Å². The minimum atomic E-state index is -0.811. The summed E-state index contributed by atoms with van der Waals surface area (Å²) in [6.45, 7) is 5.72. The molecule has 0 fully saturated rings. The van der Waals surface area contributed by atoms with Crippen LogP contribution in [-0.4, -0.2) is 16.1 Å². The number of aryl methyl sites for hydroxylation is 1. The number of thiocarbonyl (C=S) groups is 1. The molecular weight excluding hydrogens is 238 g/mol. The second kappa shape index (κ2) is 5.27. The molecule has 0 saturated carbocycles. The van der Waals surface area contributed by atoms with Crippen molar-refractivity contribution in [1.82, 2.24) is 10.5 Å². The van der Waals surface area contributed by atoms with Crippen molar-refractivity contribution < 1.29 is 9.32 Å². The zero-order valence-electron chi connectivity index (χ0n) is 10.2. The summed E-state index contributed by atoms with van der Waals surface area (Å²) in [5, 5.41) is 6.54. The average molecular weight is 255 g/mol. The summed E-state index contributed by atoms with van der Waals surface area (Å²) in [5.74, 6) is 0.523. The van der Waals surface area contributed by atoms with Gasteiger partial charge >= 0.3 is 0 Å². The molecule has 1 heterocycles. The highest BCUT2D eigenvalue weighted by Gasteiger charge is 2.34. The first-order valence-corrected chi connectivity index (χ1v) is 5.81. The fourth-order valence-corrected chi connectivity index (χ4v) is 1.55. The van der Waals surface area contributed by atoms with Crippen molar-refractivity contribution >= 4 is 23.1 Å². The summed E-state index contributed by atoms with van der Waals surface area (Å²) in [4.78, 5) is 12.2. The Labute approximate surface area is 106 Å². The van der Waals surface area contributed by atoms with E-state index in [2.05, 4.69) is 10.5 Å². The van der Waals surface area contributed by atoms with E-state index in [0.717, 1.165) is 0 Å². The number of rotatable bonds is 5. The molecule has 6 heteroatoms. The predicted molar refractivity (Wildman–Crippen MR) is 68.3 cm³/mol. The van der Waals surface area contributed by atoms with E-state index in [1.165, 1.54) is 0 Å². The van der Waals surface area contributed by atoms with Crippen LogP contribution in [0.25, 0.3) is 0 Å². The number of aromatic nitrogens is 1. The zero-order chi connectivity index (χ0) is 13.1. The van der Waals surface area contributed by atoms with E-state index in [9.17, 15) is 4.79 Å². The average Bonchev–Trinajstić information content (AvgIpc) is 2.70. The van der Waals surface area contributed by atoms with E-state index in [0.29, 0.717) is 24.4 Å². The molecule has 1 amide bonds. The van der Waals surface area contributed by atoms with Crippen LogP contribution in [0.2, 0.25) is 0 Å². The van der Waals surface area contributed by atoms with E-state index >= 15 is 0 Å². The van der Waals surface area contributed by atoms with Gasteiger partial charge in [-0.2, -0.15) is 0 Å². The molecule has 0 bridgehead atoms. The van der Waals surface area contributed by atoms with E-state index in [1.807, 2.05) is 6.92 Å². The Morgan fingerprint density at radius 2 is 2.35 bits per heavy atom. The number of carbonyl (C=O) groups is 1. The summed E-state index contributed by atoms with van der Waals surface area (Å²) >= 11 is 4.92. The largest absolute Gasteiger partial charge is 0.392 e. The molecule has 3 N–H and O–H groups in total. The SMILES string of the molecule is CCC(C)(C(=O)NCc1cc(C)on1)C(N)=S. The van der Waals surface area contributed by atoms with Crippen molar-refractivity contribution in [3.63, 3.8) is 0 Å². The Morgan fingerprint density at radius 3 is 2.76 bits per heavy atom. The Morgan fingerprint density at radius 1 is 1.71 bits per heavy atom. The van der Waals surface area contributed by atoms with Crippen LogP contribution < -0.4 is 11.1 Å². The Bertz CT molecular complexity index is 430. The molecule has 0 radical (unpaired) electrons. The molecule has 5 nitrogen and oxygen atoms in total. The van der Waals surface area contributed by atoms with E-state index < -0.39 is 5.41 Å². The third kappa shape index (κ3) is 3.03. The Hall–Kier alpha value is -1.43. The normalized spacial score (nSPS) is 14.1. The van der Waals surface area contributed by atoms with Gasteiger partial charge in [-0.25, -0.2) is 0 Å². The highest BCUT2D eigenvalue weighted by atomic mass is 32.1. The van der Waals surface area contributed by atoms with Crippen LogP contribution in [0.1, 0.15) is 31.7 Å². The summed E-state index contributed by atoms with van der Waals surface area (Å²) in [5.41, 5.74) is 5.46. The minimum Gasteiger partial charge on any atom is -0.392 e. The van der Waals surface area contributed by atoms with Crippen LogP contribution in [0.5, 0.6) is 0 Å². The van der Waals surface area contributed by atoms with E-state index in [-0.39, 0.29) is 10.9 Å². The number of nitrogens with two attached hydrogens (primary N) is 1. The summed E-state index contributed by atoms with van der Waals surface area (Å²) in [7, 11) is 0. The van der Waals surface area contributed by atoms with Crippen molar-refractivity contribution in [3.05, 3.63) is 17.5 Å². The lowest BCUT2D eigenvalue weighted by molar-refractivity contribution is -0.127. The maximum atomic E-state index is 12.0. The van der Waals surface area contributed by atoms with Crippen LogP contribution in [0.4, 0.5) is 0 Å². The van der Waals surface area contributed by atoms with Crippen LogP contribution in [0.3, 0.4) is 0 Å². The van der Waals surface area contributed by atoms with Gasteiger partial charge in [0.1, 0.15) is 11.5 Å². The van der Waals surface area contributed by atoms with Crippen molar-refractivity contribution in [1.29, 1.82) is 0 Å². The molecule has 0 aliphatic heterocycles. The molecule has 1 rings (SSSR count). The lowest BCUT2D eigenvalue weighted by Gasteiger charge is -2.25. The molecule has 0 aliphatic rings. The number of amides is 1. The Balaban J connectivity index is 2.63. The van der Waals surface area contributed by atoms with Crippen molar-refractivity contribution in [3.8, 4) is 0 Å². The van der Waals surface area contributed by atoms with Crippen LogP contribution in [0, 0.1) is 12.3 Å². The highest BCUT2D eigenvalue weighted by molar-refractivity contribution is 7.80. The predicted octanol–water partition coefficient (Wildman–Crippen LogP) is 1.30. The summed E-state index contributed by atoms with van der Waals surface area (Å²) in [6.07, 6.45) is 0.562. The second-order valence-electron chi connectivity index (χ2n) is 4.16. The third-order valence-corrected chi connectivity index (χ3v) is 3.31. The number of hydrogen-bond acceptors (Lipinski definition) is 4. The first-order valence-electron chi connectivity index (χ1n) is 5.40. The fourth-order valence-electron chi connectivity index (χ4n) is 1.31. The molecule has 94 valence electrons.